The van der Waals surface area contributed by atoms with Crippen LogP contribution in [0.25, 0.3) is 23.2 Å². The minimum atomic E-state index is 0.129. The molecule has 102 valence electrons. The van der Waals surface area contributed by atoms with Gasteiger partial charge in [-0.2, -0.15) is 10.2 Å². The fourth-order valence-corrected chi connectivity index (χ4v) is 2.53. The van der Waals surface area contributed by atoms with Gasteiger partial charge in [-0.3, -0.25) is 0 Å². The summed E-state index contributed by atoms with van der Waals surface area (Å²) in [5, 5.41) is 20.9. The largest absolute Gasteiger partial charge is 0.494 e. The summed E-state index contributed by atoms with van der Waals surface area (Å²) in [7, 11) is 0. The molecule has 2 heterocycles. The van der Waals surface area contributed by atoms with Gasteiger partial charge in [0.05, 0.1) is 17.4 Å². The molecule has 0 aliphatic carbocycles. The van der Waals surface area contributed by atoms with Gasteiger partial charge in [-0.25, -0.2) is 0 Å². The first-order valence-electron chi connectivity index (χ1n) is 6.54. The number of nitrogens with zero attached hydrogens (tertiary/aromatic N) is 2. The van der Waals surface area contributed by atoms with Crippen LogP contribution in [0.1, 0.15) is 5.56 Å². The molecule has 1 aliphatic heterocycles. The first-order valence-corrected chi connectivity index (χ1v) is 6.54. The number of fused-ring (bicyclic) bond motifs is 2. The third-order valence-electron chi connectivity index (χ3n) is 3.57. The van der Waals surface area contributed by atoms with Crippen molar-refractivity contribution in [2.75, 3.05) is 5.73 Å². The lowest BCUT2D eigenvalue weighted by molar-refractivity contribution is 0.457. The van der Waals surface area contributed by atoms with Gasteiger partial charge >= 0.3 is 0 Å². The zero-order chi connectivity index (χ0) is 14.4. The minimum absolute atomic E-state index is 0.129. The van der Waals surface area contributed by atoms with E-state index in [4.69, 9.17) is 5.73 Å². The number of nitrogen functional groups attached to an aromatic ring is 1. The lowest BCUT2D eigenvalue weighted by Gasteiger charge is -1.95. The predicted molar refractivity (Wildman–Crippen MR) is 82.6 cm³/mol. The van der Waals surface area contributed by atoms with Crippen LogP contribution in [0.2, 0.25) is 0 Å². The lowest BCUT2D eigenvalue weighted by atomic mass is 10.1. The van der Waals surface area contributed by atoms with Crippen LogP contribution in [0.15, 0.2) is 46.6 Å². The molecule has 3 aromatic rings. The van der Waals surface area contributed by atoms with Crippen molar-refractivity contribution in [3.8, 4) is 5.88 Å². The van der Waals surface area contributed by atoms with Crippen LogP contribution in [-0.4, -0.2) is 10.1 Å². The van der Waals surface area contributed by atoms with Crippen molar-refractivity contribution >= 4 is 34.6 Å². The van der Waals surface area contributed by atoms with Crippen LogP contribution in [0, 0.1) is 0 Å². The van der Waals surface area contributed by atoms with E-state index < -0.39 is 0 Å². The van der Waals surface area contributed by atoms with E-state index in [1.54, 1.807) is 12.3 Å². The molecule has 2 aromatic carbocycles. The molecule has 0 radical (unpaired) electrons. The SMILES string of the molecule is Nc1ccc2c(C=c3ccc4c(c3)N=NC=4)c(O)[nH]c2c1. The summed E-state index contributed by atoms with van der Waals surface area (Å²) in [6.45, 7) is 0. The normalized spacial score (nSPS) is 13.6. The lowest BCUT2D eigenvalue weighted by Crippen LogP contribution is -2.06. The maximum atomic E-state index is 10.1. The van der Waals surface area contributed by atoms with Crippen molar-refractivity contribution < 1.29 is 5.11 Å². The van der Waals surface area contributed by atoms with E-state index in [9.17, 15) is 5.11 Å². The molecule has 0 saturated carbocycles. The van der Waals surface area contributed by atoms with Gasteiger partial charge in [0.2, 0.25) is 0 Å². The molecule has 4 N–H and O–H groups in total. The maximum absolute atomic E-state index is 10.1. The predicted octanol–water partition coefficient (Wildman–Crippen LogP) is 2.12. The average molecular weight is 276 g/mol. The summed E-state index contributed by atoms with van der Waals surface area (Å²) < 4.78 is 0. The van der Waals surface area contributed by atoms with Crippen molar-refractivity contribution in [2.24, 2.45) is 10.2 Å². The molecule has 5 nitrogen and oxygen atoms in total. The summed E-state index contributed by atoms with van der Waals surface area (Å²) in [6, 6.07) is 11.4. The van der Waals surface area contributed by atoms with Crippen molar-refractivity contribution in [2.45, 2.75) is 0 Å². The van der Waals surface area contributed by atoms with Crippen molar-refractivity contribution in [1.82, 2.24) is 4.98 Å². The monoisotopic (exact) mass is 276 g/mol. The maximum Gasteiger partial charge on any atom is 0.196 e. The molecule has 0 amide bonds. The number of hydrogen-bond donors (Lipinski definition) is 3. The molecule has 1 aromatic heterocycles. The topological polar surface area (TPSA) is 86.8 Å². The van der Waals surface area contributed by atoms with Gasteiger partial charge in [0.1, 0.15) is 0 Å². The Morgan fingerprint density at radius 3 is 2.95 bits per heavy atom. The summed E-state index contributed by atoms with van der Waals surface area (Å²) in [5.41, 5.74) is 8.81. The molecule has 5 heteroatoms. The Kier molecular flexibility index (Phi) is 2.35. The number of aromatic nitrogens is 1. The van der Waals surface area contributed by atoms with Gasteiger partial charge in [-0.1, -0.05) is 18.2 Å². The Morgan fingerprint density at radius 1 is 1.14 bits per heavy atom. The molecular formula is C16H12N4O. The number of azo groups is 1. The van der Waals surface area contributed by atoms with Crippen molar-refractivity contribution in [3.05, 3.63) is 52.4 Å². The standard InChI is InChI=1S/C16H12N4O/c17-11-3-4-12-13(16(21)19-15(12)7-11)5-9-1-2-10-8-18-20-14(10)6-9/h1-8,19,21H,17H2. The molecule has 0 fully saturated rings. The zero-order valence-corrected chi connectivity index (χ0v) is 11.0. The van der Waals surface area contributed by atoms with Gasteiger partial charge in [0.25, 0.3) is 0 Å². The highest BCUT2D eigenvalue weighted by molar-refractivity contribution is 5.93. The van der Waals surface area contributed by atoms with E-state index in [2.05, 4.69) is 15.2 Å². The third-order valence-corrected chi connectivity index (χ3v) is 3.57. The first kappa shape index (κ1) is 11.7. The second kappa shape index (κ2) is 4.21. The van der Waals surface area contributed by atoms with Gasteiger partial charge in [-0.05, 0) is 29.5 Å². The number of H-pyrrole nitrogens is 1. The van der Waals surface area contributed by atoms with Crippen LogP contribution >= 0.6 is 0 Å². The van der Waals surface area contributed by atoms with E-state index in [-0.39, 0.29) is 5.88 Å². The smallest absolute Gasteiger partial charge is 0.196 e. The Bertz CT molecular complexity index is 1010. The summed E-state index contributed by atoms with van der Waals surface area (Å²) in [4.78, 5) is 2.94. The number of aromatic hydroxyl groups is 1. The molecule has 0 spiro atoms. The van der Waals surface area contributed by atoms with E-state index >= 15 is 0 Å². The van der Waals surface area contributed by atoms with Crippen molar-refractivity contribution in [1.29, 1.82) is 0 Å². The van der Waals surface area contributed by atoms with E-state index in [1.165, 1.54) is 0 Å². The minimum Gasteiger partial charge on any atom is -0.494 e. The van der Waals surface area contributed by atoms with Gasteiger partial charge < -0.3 is 15.8 Å². The number of rotatable bonds is 1. The fraction of sp³-hybridized carbons (Fsp3) is 0. The van der Waals surface area contributed by atoms with Crippen LogP contribution < -0.4 is 16.2 Å². The molecule has 0 atom stereocenters. The highest BCUT2D eigenvalue weighted by Crippen LogP contribution is 2.29. The fourth-order valence-electron chi connectivity index (χ4n) is 2.53. The highest BCUT2D eigenvalue weighted by Gasteiger charge is 2.08. The Labute approximate surface area is 119 Å². The number of nitrogens with two attached hydrogens (primary N) is 1. The van der Waals surface area contributed by atoms with Crippen molar-refractivity contribution in [3.63, 3.8) is 0 Å². The zero-order valence-electron chi connectivity index (χ0n) is 11.0. The van der Waals surface area contributed by atoms with E-state index in [0.29, 0.717) is 5.69 Å². The van der Waals surface area contributed by atoms with Crippen LogP contribution in [0.5, 0.6) is 5.88 Å². The third kappa shape index (κ3) is 1.87. The second-order valence-corrected chi connectivity index (χ2v) is 5.00. The van der Waals surface area contributed by atoms with Crippen LogP contribution in [0.3, 0.4) is 0 Å². The number of nitrogens with one attached hydrogen (secondary N) is 1. The molecule has 0 bridgehead atoms. The second-order valence-electron chi connectivity index (χ2n) is 5.00. The van der Waals surface area contributed by atoms with Gasteiger partial charge in [0.15, 0.2) is 5.88 Å². The number of hydrogen-bond acceptors (Lipinski definition) is 4. The Hall–Kier alpha value is -3.08. The summed E-state index contributed by atoms with van der Waals surface area (Å²) in [5.74, 6) is 0.129. The summed E-state index contributed by atoms with van der Waals surface area (Å²) >= 11 is 0. The average Bonchev–Trinajstić information content (AvgIpc) is 3.03. The van der Waals surface area contributed by atoms with Gasteiger partial charge in [0, 0.05) is 21.9 Å². The Balaban J connectivity index is 1.95. The number of aromatic amines is 1. The van der Waals surface area contributed by atoms with Crippen LogP contribution in [0.4, 0.5) is 11.4 Å². The molecule has 21 heavy (non-hydrogen) atoms. The highest BCUT2D eigenvalue weighted by atomic mass is 16.3. The quantitative estimate of drug-likeness (QED) is 0.594. The summed E-state index contributed by atoms with van der Waals surface area (Å²) in [6.07, 6.45) is 3.64. The molecule has 4 rings (SSSR count). The van der Waals surface area contributed by atoms with E-state index in [0.717, 1.165) is 32.6 Å². The van der Waals surface area contributed by atoms with Gasteiger partial charge in [-0.15, -0.1) is 0 Å². The number of anilines is 1. The molecule has 1 aliphatic rings. The molecule has 0 saturated heterocycles. The molecular weight excluding hydrogens is 264 g/mol. The van der Waals surface area contributed by atoms with Crippen LogP contribution in [-0.2, 0) is 0 Å². The molecule has 0 unspecified atom stereocenters. The van der Waals surface area contributed by atoms with E-state index in [1.807, 2.05) is 36.4 Å². The Morgan fingerprint density at radius 2 is 2.05 bits per heavy atom. The first-order chi connectivity index (χ1) is 10.2. The number of benzene rings is 2.